The normalized spacial score (nSPS) is 11.5. The molecular weight excluding hydrogens is 415 g/mol. The van der Waals surface area contributed by atoms with Gasteiger partial charge in [0.1, 0.15) is 18.0 Å². The molecule has 0 bridgehead atoms. The van der Waals surface area contributed by atoms with Gasteiger partial charge in [0.15, 0.2) is 0 Å². The lowest BCUT2D eigenvalue weighted by atomic mass is 10.1. The predicted octanol–water partition coefficient (Wildman–Crippen LogP) is 3.69. The van der Waals surface area contributed by atoms with Gasteiger partial charge in [-0.2, -0.15) is 13.2 Å². The van der Waals surface area contributed by atoms with E-state index in [9.17, 15) is 22.8 Å². The number of carbonyl (C=O) groups excluding carboxylic acids is 1. The summed E-state index contributed by atoms with van der Waals surface area (Å²) in [5, 5.41) is 2.56. The van der Waals surface area contributed by atoms with E-state index in [0.29, 0.717) is 17.1 Å². The van der Waals surface area contributed by atoms with E-state index in [1.165, 1.54) is 26.4 Å². The number of aromatic nitrogens is 2. The summed E-state index contributed by atoms with van der Waals surface area (Å²) in [7, 11) is 2.85. The number of ether oxygens (including phenoxy) is 2. The van der Waals surface area contributed by atoms with Crippen molar-refractivity contribution in [2.45, 2.75) is 26.6 Å². The quantitative estimate of drug-likeness (QED) is 0.661. The molecule has 0 aliphatic rings. The zero-order chi connectivity index (χ0) is 22.9. The Hall–Kier alpha value is -3.56. The van der Waals surface area contributed by atoms with Crippen LogP contribution in [-0.4, -0.2) is 29.7 Å². The van der Waals surface area contributed by atoms with Gasteiger partial charge < -0.3 is 14.8 Å². The summed E-state index contributed by atoms with van der Waals surface area (Å²) in [5.74, 6) is 0.0455. The zero-order valence-corrected chi connectivity index (χ0v) is 17.3. The van der Waals surface area contributed by atoms with Crippen LogP contribution in [0.3, 0.4) is 0 Å². The molecule has 0 saturated carbocycles. The van der Waals surface area contributed by atoms with Gasteiger partial charge in [0.2, 0.25) is 11.6 Å². The molecule has 31 heavy (non-hydrogen) atoms. The number of alkyl halides is 3. The minimum absolute atomic E-state index is 0.0261. The Morgan fingerprint density at radius 2 is 1.77 bits per heavy atom. The molecule has 0 unspecified atom stereocenters. The third-order valence-corrected chi connectivity index (χ3v) is 4.81. The number of aryl methyl sites for hydroxylation is 2. The van der Waals surface area contributed by atoms with E-state index in [1.807, 2.05) is 0 Å². The lowest BCUT2D eigenvalue weighted by molar-refractivity contribution is -0.142. The van der Waals surface area contributed by atoms with Crippen LogP contribution in [0.1, 0.15) is 16.8 Å². The molecular formula is C21H20F3N3O4. The number of rotatable bonds is 5. The van der Waals surface area contributed by atoms with E-state index in [1.54, 1.807) is 32.0 Å². The number of anilines is 1. The Balaban J connectivity index is 2.08. The summed E-state index contributed by atoms with van der Waals surface area (Å²) in [4.78, 5) is 28.8. The molecule has 3 rings (SSSR count). The van der Waals surface area contributed by atoms with Crippen molar-refractivity contribution in [3.63, 3.8) is 0 Å². The molecule has 10 heteroatoms. The first-order valence-electron chi connectivity index (χ1n) is 9.16. The summed E-state index contributed by atoms with van der Waals surface area (Å²) in [6, 6.07) is 7.68. The molecule has 7 nitrogen and oxygen atoms in total. The van der Waals surface area contributed by atoms with Gasteiger partial charge in [-0.05, 0) is 49.2 Å². The highest BCUT2D eigenvalue weighted by atomic mass is 19.4. The van der Waals surface area contributed by atoms with E-state index >= 15 is 0 Å². The van der Waals surface area contributed by atoms with Gasteiger partial charge in [-0.15, -0.1) is 0 Å². The van der Waals surface area contributed by atoms with E-state index < -0.39 is 29.9 Å². The van der Waals surface area contributed by atoms with Crippen molar-refractivity contribution in [3.8, 4) is 11.5 Å². The van der Waals surface area contributed by atoms with Crippen LogP contribution < -0.4 is 20.3 Å². The van der Waals surface area contributed by atoms with Crippen LogP contribution in [-0.2, 0) is 17.5 Å². The van der Waals surface area contributed by atoms with Crippen LogP contribution in [0.5, 0.6) is 11.5 Å². The molecule has 0 radical (unpaired) electrons. The molecule has 0 aliphatic heterocycles. The fourth-order valence-corrected chi connectivity index (χ4v) is 3.08. The molecule has 0 spiro atoms. The minimum Gasteiger partial charge on any atom is -0.497 e. The Morgan fingerprint density at radius 1 is 1.10 bits per heavy atom. The molecule has 0 aliphatic carbocycles. The minimum atomic E-state index is -4.96. The van der Waals surface area contributed by atoms with Gasteiger partial charge in [0, 0.05) is 6.07 Å². The third kappa shape index (κ3) is 4.47. The fourth-order valence-electron chi connectivity index (χ4n) is 3.08. The number of amides is 1. The molecule has 1 heterocycles. The van der Waals surface area contributed by atoms with Crippen molar-refractivity contribution < 1.29 is 27.4 Å². The second-order valence-electron chi connectivity index (χ2n) is 6.89. The molecule has 1 amide bonds. The van der Waals surface area contributed by atoms with Gasteiger partial charge in [-0.3, -0.25) is 14.2 Å². The topological polar surface area (TPSA) is 82.5 Å². The van der Waals surface area contributed by atoms with Crippen LogP contribution in [0.15, 0.2) is 35.1 Å². The second-order valence-corrected chi connectivity index (χ2v) is 6.89. The van der Waals surface area contributed by atoms with Gasteiger partial charge in [-0.25, -0.2) is 4.98 Å². The SMILES string of the molecule is COc1ccc(OC)c(NC(=O)Cn2c(=O)c(C(F)(F)F)nc3cc(C)c(C)cc32)c1. The molecule has 164 valence electrons. The first-order valence-corrected chi connectivity index (χ1v) is 9.16. The summed E-state index contributed by atoms with van der Waals surface area (Å²) in [6.45, 7) is 2.83. The number of methoxy groups -OCH3 is 2. The van der Waals surface area contributed by atoms with Crippen molar-refractivity contribution in [2.75, 3.05) is 19.5 Å². The number of carbonyl (C=O) groups is 1. The average Bonchev–Trinajstić information content (AvgIpc) is 2.70. The van der Waals surface area contributed by atoms with E-state index in [0.717, 1.165) is 10.1 Å². The van der Waals surface area contributed by atoms with Crippen molar-refractivity contribution in [1.82, 2.24) is 9.55 Å². The number of halogens is 3. The van der Waals surface area contributed by atoms with Gasteiger partial charge >= 0.3 is 6.18 Å². The maximum absolute atomic E-state index is 13.4. The number of benzene rings is 2. The summed E-state index contributed by atoms with van der Waals surface area (Å²) in [5.41, 5.74) is -1.15. The molecule has 0 atom stereocenters. The number of hydrogen-bond donors (Lipinski definition) is 1. The predicted molar refractivity (Wildman–Crippen MR) is 109 cm³/mol. The standard InChI is InChI=1S/C21H20F3N3O4/c1-11-7-14-16(8-12(11)2)27(20(29)19(26-14)21(22,23)24)10-18(28)25-15-9-13(30-3)5-6-17(15)31-4/h5-9H,10H2,1-4H3,(H,25,28). The molecule has 1 N–H and O–H groups in total. The van der Waals surface area contributed by atoms with Gasteiger partial charge in [-0.1, -0.05) is 0 Å². The number of fused-ring (bicyclic) bond motifs is 1. The number of nitrogens with zero attached hydrogens (tertiary/aromatic N) is 2. The first-order chi connectivity index (χ1) is 14.5. The Kier molecular flexibility index (Phi) is 5.92. The fraction of sp³-hybridized carbons (Fsp3) is 0.286. The Labute approximate surface area is 175 Å². The number of nitrogens with one attached hydrogen (secondary N) is 1. The van der Waals surface area contributed by atoms with Crippen LogP contribution in [0, 0.1) is 13.8 Å². The highest BCUT2D eigenvalue weighted by molar-refractivity contribution is 5.93. The maximum atomic E-state index is 13.4. The van der Waals surface area contributed by atoms with Crippen LogP contribution in [0.4, 0.5) is 18.9 Å². The molecule has 3 aromatic rings. The molecule has 2 aromatic carbocycles. The summed E-state index contributed by atoms with van der Waals surface area (Å²) in [6.07, 6.45) is -4.96. The van der Waals surface area contributed by atoms with E-state index in [2.05, 4.69) is 10.3 Å². The first kappa shape index (κ1) is 22.1. The van der Waals surface area contributed by atoms with Crippen LogP contribution in [0.2, 0.25) is 0 Å². The molecule has 0 saturated heterocycles. The van der Waals surface area contributed by atoms with Crippen molar-refractivity contribution in [3.05, 3.63) is 57.5 Å². The zero-order valence-electron chi connectivity index (χ0n) is 17.3. The summed E-state index contributed by atoms with van der Waals surface area (Å²) >= 11 is 0. The average molecular weight is 435 g/mol. The Morgan fingerprint density at radius 3 is 2.39 bits per heavy atom. The number of hydrogen-bond acceptors (Lipinski definition) is 5. The monoisotopic (exact) mass is 435 g/mol. The highest BCUT2D eigenvalue weighted by Gasteiger charge is 2.37. The van der Waals surface area contributed by atoms with Crippen molar-refractivity contribution in [1.29, 1.82) is 0 Å². The van der Waals surface area contributed by atoms with Crippen LogP contribution >= 0.6 is 0 Å². The second kappa shape index (κ2) is 8.29. The van der Waals surface area contributed by atoms with Crippen LogP contribution in [0.25, 0.3) is 11.0 Å². The van der Waals surface area contributed by atoms with Gasteiger partial charge in [0.05, 0.1) is 30.9 Å². The van der Waals surface area contributed by atoms with Gasteiger partial charge in [0.25, 0.3) is 5.56 Å². The molecule has 1 aromatic heterocycles. The van der Waals surface area contributed by atoms with Crippen molar-refractivity contribution in [2.24, 2.45) is 0 Å². The van der Waals surface area contributed by atoms with E-state index in [4.69, 9.17) is 9.47 Å². The third-order valence-electron chi connectivity index (χ3n) is 4.81. The maximum Gasteiger partial charge on any atom is 0.438 e. The lowest BCUT2D eigenvalue weighted by Gasteiger charge is -2.16. The lowest BCUT2D eigenvalue weighted by Crippen LogP contribution is -2.34. The highest BCUT2D eigenvalue weighted by Crippen LogP contribution is 2.30. The summed E-state index contributed by atoms with van der Waals surface area (Å²) < 4.78 is 51.3. The van der Waals surface area contributed by atoms with E-state index in [-0.39, 0.29) is 16.7 Å². The Bertz CT molecular complexity index is 1220. The molecule has 0 fully saturated rings. The van der Waals surface area contributed by atoms with Crippen molar-refractivity contribution >= 4 is 22.6 Å². The smallest absolute Gasteiger partial charge is 0.438 e. The largest absolute Gasteiger partial charge is 0.497 e.